The molecule has 0 spiro atoms. The molecule has 1 aliphatic rings. The Balaban J connectivity index is 2.25. The normalized spacial score (nSPS) is 20.3. The number of fused-ring (bicyclic) bond motifs is 1. The van der Waals surface area contributed by atoms with Crippen LogP contribution in [0.4, 0.5) is 0 Å². The summed E-state index contributed by atoms with van der Waals surface area (Å²) in [6, 6.07) is 0.154. The monoisotopic (exact) mass is 224 g/mol. The molecule has 2 rings (SSSR count). The number of nitrogens with two attached hydrogens (primary N) is 1. The first-order chi connectivity index (χ1) is 7.04. The van der Waals surface area contributed by atoms with E-state index in [4.69, 9.17) is 10.7 Å². The molecule has 0 aliphatic heterocycles. The number of aromatic nitrogens is 1. The molecule has 1 aliphatic carbocycles. The molecule has 2 nitrogen and oxygen atoms in total. The van der Waals surface area contributed by atoms with Crippen LogP contribution < -0.4 is 5.73 Å². The van der Waals surface area contributed by atoms with E-state index in [1.165, 1.54) is 23.4 Å². The van der Waals surface area contributed by atoms with Crippen molar-refractivity contribution < 1.29 is 0 Å². The Morgan fingerprint density at radius 2 is 2.27 bits per heavy atom. The Labute approximate surface area is 95.9 Å². The van der Waals surface area contributed by atoms with Gasteiger partial charge in [0.2, 0.25) is 0 Å². The van der Waals surface area contributed by atoms with Crippen LogP contribution in [-0.2, 0) is 11.8 Å². The fraction of sp³-hybridized carbons (Fsp3) is 0.750. The first-order valence-electron chi connectivity index (χ1n) is 5.80. The maximum atomic E-state index is 6.10. The second-order valence-electron chi connectivity index (χ2n) is 5.10. The average molecular weight is 224 g/mol. The third kappa shape index (κ3) is 1.95. The van der Waals surface area contributed by atoms with E-state index in [1.54, 1.807) is 0 Å². The number of thiazole rings is 1. The van der Waals surface area contributed by atoms with Gasteiger partial charge in [-0.3, -0.25) is 0 Å². The predicted octanol–water partition coefficient (Wildman–Crippen LogP) is 3.17. The Morgan fingerprint density at radius 1 is 1.53 bits per heavy atom. The van der Waals surface area contributed by atoms with Gasteiger partial charge in [0.05, 0.1) is 11.7 Å². The van der Waals surface area contributed by atoms with Crippen molar-refractivity contribution in [3.63, 3.8) is 0 Å². The van der Waals surface area contributed by atoms with E-state index in [0.717, 1.165) is 17.8 Å². The molecule has 0 bridgehead atoms. The van der Waals surface area contributed by atoms with Crippen molar-refractivity contribution in [1.82, 2.24) is 4.98 Å². The van der Waals surface area contributed by atoms with E-state index < -0.39 is 0 Å². The Kier molecular flexibility index (Phi) is 2.86. The first-order valence-corrected chi connectivity index (χ1v) is 6.62. The van der Waals surface area contributed by atoms with Crippen LogP contribution >= 0.6 is 11.3 Å². The maximum Gasteiger partial charge on any atom is 0.110 e. The van der Waals surface area contributed by atoms with E-state index in [2.05, 4.69) is 20.8 Å². The lowest BCUT2D eigenvalue weighted by molar-refractivity contribution is 0.505. The third-order valence-electron chi connectivity index (χ3n) is 3.25. The highest BCUT2D eigenvalue weighted by atomic mass is 32.1. The van der Waals surface area contributed by atoms with Crippen molar-refractivity contribution >= 4 is 11.3 Å². The zero-order chi connectivity index (χ0) is 11.1. The topological polar surface area (TPSA) is 38.9 Å². The molecule has 1 unspecified atom stereocenters. The molecule has 0 radical (unpaired) electrons. The van der Waals surface area contributed by atoms with Gasteiger partial charge in [-0.2, -0.15) is 0 Å². The van der Waals surface area contributed by atoms with Crippen LogP contribution in [0.3, 0.4) is 0 Å². The van der Waals surface area contributed by atoms with Crippen LogP contribution in [0.5, 0.6) is 0 Å². The van der Waals surface area contributed by atoms with Gasteiger partial charge in [-0.15, -0.1) is 11.3 Å². The molecule has 1 atom stereocenters. The summed E-state index contributed by atoms with van der Waals surface area (Å²) in [6.07, 6.45) is 4.62. The second-order valence-corrected chi connectivity index (χ2v) is 6.22. The van der Waals surface area contributed by atoms with E-state index in [0.29, 0.717) is 0 Å². The standard InChI is InChI=1S/C12H20N2S/c1-4-5-8(13)11-14-10-9(15-11)6-7-12(10,2)3/h8H,4-7,13H2,1-3H3. The first kappa shape index (κ1) is 11.1. The highest BCUT2D eigenvalue weighted by molar-refractivity contribution is 7.11. The molecule has 0 aromatic carbocycles. The molecule has 2 N–H and O–H groups in total. The van der Waals surface area contributed by atoms with Gasteiger partial charge in [-0.25, -0.2) is 4.98 Å². The lowest BCUT2D eigenvalue weighted by Gasteiger charge is -2.16. The van der Waals surface area contributed by atoms with Crippen molar-refractivity contribution in [2.45, 2.75) is 57.9 Å². The summed E-state index contributed by atoms with van der Waals surface area (Å²) >= 11 is 1.84. The van der Waals surface area contributed by atoms with Crippen molar-refractivity contribution in [2.24, 2.45) is 5.73 Å². The van der Waals surface area contributed by atoms with E-state index in [1.807, 2.05) is 11.3 Å². The van der Waals surface area contributed by atoms with Crippen molar-refractivity contribution in [2.75, 3.05) is 0 Å². The highest BCUT2D eigenvalue weighted by Crippen LogP contribution is 2.41. The van der Waals surface area contributed by atoms with Crippen LogP contribution in [0, 0.1) is 0 Å². The van der Waals surface area contributed by atoms with Gasteiger partial charge in [0.25, 0.3) is 0 Å². The van der Waals surface area contributed by atoms with Gasteiger partial charge in [-0.05, 0) is 19.3 Å². The van der Waals surface area contributed by atoms with E-state index >= 15 is 0 Å². The molecule has 84 valence electrons. The SMILES string of the molecule is CCCC(N)c1nc2c(s1)CCC2(C)C. The van der Waals surface area contributed by atoms with Crippen molar-refractivity contribution in [1.29, 1.82) is 0 Å². The third-order valence-corrected chi connectivity index (χ3v) is 4.50. The summed E-state index contributed by atoms with van der Waals surface area (Å²) in [6.45, 7) is 6.74. The van der Waals surface area contributed by atoms with Gasteiger partial charge in [0, 0.05) is 10.3 Å². The lowest BCUT2D eigenvalue weighted by Crippen LogP contribution is -2.15. The smallest absolute Gasteiger partial charge is 0.110 e. The van der Waals surface area contributed by atoms with E-state index in [-0.39, 0.29) is 11.5 Å². The molecular weight excluding hydrogens is 204 g/mol. The number of hydrogen-bond acceptors (Lipinski definition) is 3. The fourth-order valence-electron chi connectivity index (χ4n) is 2.21. The Hall–Kier alpha value is -0.410. The number of nitrogens with zero attached hydrogens (tertiary/aromatic N) is 1. The fourth-order valence-corrected chi connectivity index (χ4v) is 3.49. The average Bonchev–Trinajstić information content (AvgIpc) is 2.68. The largest absolute Gasteiger partial charge is 0.322 e. The van der Waals surface area contributed by atoms with Gasteiger partial charge in [0.15, 0.2) is 0 Å². The molecular formula is C12H20N2S. The van der Waals surface area contributed by atoms with Crippen LogP contribution in [0.15, 0.2) is 0 Å². The highest BCUT2D eigenvalue weighted by Gasteiger charge is 2.34. The number of aryl methyl sites for hydroxylation is 1. The van der Waals surface area contributed by atoms with Gasteiger partial charge >= 0.3 is 0 Å². The molecule has 15 heavy (non-hydrogen) atoms. The molecule has 1 aromatic heterocycles. The minimum Gasteiger partial charge on any atom is -0.322 e. The lowest BCUT2D eigenvalue weighted by atomic mass is 9.91. The number of rotatable bonds is 3. The number of hydrogen-bond donors (Lipinski definition) is 1. The summed E-state index contributed by atoms with van der Waals surface area (Å²) < 4.78 is 0. The van der Waals surface area contributed by atoms with Gasteiger partial charge < -0.3 is 5.73 Å². The molecule has 3 heteroatoms. The maximum absolute atomic E-state index is 6.10. The molecule has 1 aromatic rings. The van der Waals surface area contributed by atoms with Crippen molar-refractivity contribution in [3.8, 4) is 0 Å². The van der Waals surface area contributed by atoms with Gasteiger partial charge in [0.1, 0.15) is 5.01 Å². The Bertz CT molecular complexity index is 355. The summed E-state index contributed by atoms with van der Waals surface area (Å²) in [5, 5.41) is 1.15. The zero-order valence-electron chi connectivity index (χ0n) is 9.84. The molecule has 1 heterocycles. The quantitative estimate of drug-likeness (QED) is 0.856. The molecule has 0 saturated carbocycles. The minimum atomic E-state index is 0.154. The van der Waals surface area contributed by atoms with Crippen molar-refractivity contribution in [3.05, 3.63) is 15.6 Å². The van der Waals surface area contributed by atoms with Crippen LogP contribution in [0.25, 0.3) is 0 Å². The van der Waals surface area contributed by atoms with Crippen LogP contribution in [0.2, 0.25) is 0 Å². The Morgan fingerprint density at radius 3 is 2.87 bits per heavy atom. The summed E-state index contributed by atoms with van der Waals surface area (Å²) in [5.41, 5.74) is 7.69. The molecule has 0 saturated heterocycles. The predicted molar refractivity (Wildman–Crippen MR) is 65.3 cm³/mol. The summed E-state index contributed by atoms with van der Waals surface area (Å²) in [5.74, 6) is 0. The summed E-state index contributed by atoms with van der Waals surface area (Å²) in [4.78, 5) is 6.23. The van der Waals surface area contributed by atoms with Gasteiger partial charge in [-0.1, -0.05) is 27.2 Å². The van der Waals surface area contributed by atoms with E-state index in [9.17, 15) is 0 Å². The minimum absolute atomic E-state index is 0.154. The molecule has 0 fully saturated rings. The summed E-state index contributed by atoms with van der Waals surface area (Å²) in [7, 11) is 0. The molecule has 0 amide bonds. The van der Waals surface area contributed by atoms with Crippen LogP contribution in [0.1, 0.15) is 61.7 Å². The zero-order valence-corrected chi connectivity index (χ0v) is 10.7. The second kappa shape index (κ2) is 3.87. The van der Waals surface area contributed by atoms with Crippen LogP contribution in [-0.4, -0.2) is 4.98 Å².